The number of rotatable bonds is 8. The lowest BCUT2D eigenvalue weighted by Crippen LogP contribution is -2.46. The van der Waals surface area contributed by atoms with Gasteiger partial charge in [0, 0.05) is 23.3 Å². The van der Waals surface area contributed by atoms with Crippen molar-refractivity contribution in [3.8, 4) is 0 Å². The summed E-state index contributed by atoms with van der Waals surface area (Å²) in [5, 5.41) is 3.79. The summed E-state index contributed by atoms with van der Waals surface area (Å²) in [5.41, 5.74) is -0.733. The Morgan fingerprint density at radius 2 is 1.77 bits per heavy atom. The second-order valence-corrected chi connectivity index (χ2v) is 11.9. The van der Waals surface area contributed by atoms with E-state index in [2.05, 4.69) is 5.32 Å². The molecule has 1 fully saturated rings. The number of Topliss-reactive ketones (excluding diaryl/α,β-unsaturated/α-hetero) is 1. The fraction of sp³-hybridized carbons (Fsp3) is 0.545. The highest BCUT2D eigenvalue weighted by Gasteiger charge is 2.51. The molecule has 1 aliphatic rings. The van der Waals surface area contributed by atoms with Gasteiger partial charge >= 0.3 is 12.1 Å². The molecule has 1 aromatic carbocycles. The Balaban J connectivity index is 2.14. The molecule has 1 N–H and O–H groups in total. The number of ether oxygens (including phenoxy) is 2. The van der Waals surface area contributed by atoms with E-state index in [0.717, 1.165) is 5.56 Å². The zero-order chi connectivity index (χ0) is 22.6. The smallest absolute Gasteiger partial charge is 0.408 e. The van der Waals surface area contributed by atoms with Gasteiger partial charge in [-0.3, -0.25) is 9.00 Å². The minimum Gasteiger partial charge on any atom is -0.459 e. The number of ketones is 1. The molecule has 0 saturated heterocycles. The fourth-order valence-corrected chi connectivity index (χ4v) is 3.71. The summed E-state index contributed by atoms with van der Waals surface area (Å²) in [6.07, 6.45) is 3.43. The first kappa shape index (κ1) is 23.9. The lowest BCUT2D eigenvalue weighted by atomic mass is 9.93. The van der Waals surface area contributed by atoms with Gasteiger partial charge in [0.15, 0.2) is 5.78 Å². The Labute approximate surface area is 178 Å². The number of hydrogen-bond acceptors (Lipinski definition) is 6. The molecule has 166 valence electrons. The number of carbonyl (C=O) groups excluding carboxylic acids is 3. The SMILES string of the molecule is CC(C)(C)OC(=O)N[C@@H](CC1(C(=O)C=S(C)(C)=O)CC1)C(=O)OCc1ccccc1. The van der Waals surface area contributed by atoms with E-state index in [9.17, 15) is 18.6 Å². The first-order valence-corrected chi connectivity index (χ1v) is 12.3. The molecule has 0 unspecified atom stereocenters. The van der Waals surface area contributed by atoms with Crippen LogP contribution in [0.4, 0.5) is 4.79 Å². The molecular formula is C22H31NO6S. The van der Waals surface area contributed by atoms with Crippen LogP contribution in [0.5, 0.6) is 0 Å². The van der Waals surface area contributed by atoms with Crippen molar-refractivity contribution >= 4 is 32.7 Å². The molecule has 0 heterocycles. The van der Waals surface area contributed by atoms with Crippen molar-refractivity contribution in [3.05, 3.63) is 35.9 Å². The standard InChI is InChI=1S/C22H31NO6S/c1-21(2,3)29-20(26)23-17(19(25)28-14-16-9-7-6-8-10-16)13-22(11-12-22)18(24)15-30(4,5)27/h6-10,15,17H,11-14H2,1-5H3,(H,23,26)/t17-/m0/s1. The average molecular weight is 438 g/mol. The van der Waals surface area contributed by atoms with Gasteiger partial charge in [-0.25, -0.2) is 9.59 Å². The van der Waals surface area contributed by atoms with Crippen LogP contribution in [-0.4, -0.2) is 51.6 Å². The van der Waals surface area contributed by atoms with Gasteiger partial charge in [-0.15, -0.1) is 0 Å². The van der Waals surface area contributed by atoms with Crippen LogP contribution >= 0.6 is 0 Å². The first-order chi connectivity index (χ1) is 13.8. The number of nitrogens with one attached hydrogen (secondary N) is 1. The zero-order valence-corrected chi connectivity index (χ0v) is 19.0. The third kappa shape index (κ3) is 7.82. The minimum absolute atomic E-state index is 0.0526. The van der Waals surface area contributed by atoms with Crippen molar-refractivity contribution < 1.29 is 28.1 Å². The maximum atomic E-state index is 12.8. The molecule has 1 amide bonds. The van der Waals surface area contributed by atoms with Crippen molar-refractivity contribution in [3.63, 3.8) is 0 Å². The van der Waals surface area contributed by atoms with Gasteiger partial charge in [0.2, 0.25) is 0 Å². The summed E-state index contributed by atoms with van der Waals surface area (Å²) in [6, 6.07) is 8.12. The van der Waals surface area contributed by atoms with Crippen LogP contribution < -0.4 is 5.32 Å². The topological polar surface area (TPSA) is 98.8 Å². The lowest BCUT2D eigenvalue weighted by Gasteiger charge is -2.25. The summed E-state index contributed by atoms with van der Waals surface area (Å²) >= 11 is 0. The van der Waals surface area contributed by atoms with Gasteiger partial charge in [-0.05, 0) is 55.1 Å². The molecule has 0 aliphatic heterocycles. The molecule has 30 heavy (non-hydrogen) atoms. The minimum atomic E-state index is -2.37. The Kier molecular flexibility index (Phi) is 7.34. The largest absolute Gasteiger partial charge is 0.459 e. The average Bonchev–Trinajstić information content (AvgIpc) is 3.38. The van der Waals surface area contributed by atoms with Crippen LogP contribution in [0.1, 0.15) is 45.6 Å². The number of alkyl carbamates (subject to hydrolysis) is 1. The van der Waals surface area contributed by atoms with Crippen LogP contribution in [0.15, 0.2) is 30.3 Å². The maximum absolute atomic E-state index is 12.8. The Morgan fingerprint density at radius 1 is 1.17 bits per heavy atom. The zero-order valence-electron chi connectivity index (χ0n) is 18.2. The third-order valence-corrected chi connectivity index (χ3v) is 5.34. The lowest BCUT2D eigenvalue weighted by molar-refractivity contribution is -0.148. The molecule has 1 aromatic rings. The quantitative estimate of drug-likeness (QED) is 0.496. The Morgan fingerprint density at radius 3 is 2.27 bits per heavy atom. The van der Waals surface area contributed by atoms with E-state index in [1.807, 2.05) is 30.3 Å². The van der Waals surface area contributed by atoms with E-state index in [1.54, 1.807) is 20.8 Å². The van der Waals surface area contributed by atoms with E-state index in [1.165, 1.54) is 17.9 Å². The van der Waals surface area contributed by atoms with Crippen molar-refractivity contribution in [2.75, 3.05) is 12.5 Å². The predicted octanol–water partition coefficient (Wildman–Crippen LogP) is 2.71. The molecule has 0 aromatic heterocycles. The number of esters is 1. The first-order valence-electron chi connectivity index (χ1n) is 9.83. The summed E-state index contributed by atoms with van der Waals surface area (Å²) in [4.78, 5) is 37.7. The maximum Gasteiger partial charge on any atom is 0.408 e. The normalized spacial score (nSPS) is 16.2. The molecular weight excluding hydrogens is 406 g/mol. The summed E-state index contributed by atoms with van der Waals surface area (Å²) in [5.74, 6) is -0.901. The van der Waals surface area contributed by atoms with Gasteiger partial charge in [0.25, 0.3) is 0 Å². The Bertz CT molecular complexity index is 897. The highest BCUT2D eigenvalue weighted by molar-refractivity contribution is 8.01. The van der Waals surface area contributed by atoms with Gasteiger partial charge in [0.05, 0.1) is 0 Å². The van der Waals surface area contributed by atoms with E-state index in [0.29, 0.717) is 12.8 Å². The van der Waals surface area contributed by atoms with Crippen LogP contribution in [-0.2, 0) is 35.2 Å². The van der Waals surface area contributed by atoms with Gasteiger partial charge in [0.1, 0.15) is 18.2 Å². The fourth-order valence-electron chi connectivity index (χ4n) is 2.95. The highest BCUT2D eigenvalue weighted by atomic mass is 32.2. The monoisotopic (exact) mass is 437 g/mol. The van der Waals surface area contributed by atoms with Crippen LogP contribution in [0, 0.1) is 5.41 Å². The molecule has 8 heteroatoms. The summed E-state index contributed by atoms with van der Waals surface area (Å²) < 4.78 is 22.7. The van der Waals surface area contributed by atoms with Gasteiger partial charge in [-0.2, -0.15) is 0 Å². The van der Waals surface area contributed by atoms with E-state index >= 15 is 0 Å². The number of benzene rings is 1. The molecule has 2 rings (SSSR count). The number of amides is 1. The molecule has 0 spiro atoms. The highest BCUT2D eigenvalue weighted by Crippen LogP contribution is 2.50. The summed E-state index contributed by atoms with van der Waals surface area (Å²) in [6.45, 7) is 5.21. The van der Waals surface area contributed by atoms with Crippen molar-refractivity contribution in [2.24, 2.45) is 5.41 Å². The van der Waals surface area contributed by atoms with Crippen molar-refractivity contribution in [1.29, 1.82) is 0 Å². The number of carbonyl (C=O) groups is 3. The van der Waals surface area contributed by atoms with Crippen molar-refractivity contribution in [1.82, 2.24) is 5.32 Å². The predicted molar refractivity (Wildman–Crippen MR) is 117 cm³/mol. The molecule has 1 saturated carbocycles. The molecule has 1 aliphatic carbocycles. The van der Waals surface area contributed by atoms with Crippen molar-refractivity contribution in [2.45, 2.75) is 58.3 Å². The Hall–Kier alpha value is -2.35. The second kappa shape index (κ2) is 9.20. The van der Waals surface area contributed by atoms with Gasteiger partial charge < -0.3 is 14.8 Å². The van der Waals surface area contributed by atoms with Crippen LogP contribution in [0.2, 0.25) is 0 Å². The molecule has 7 nitrogen and oxygen atoms in total. The number of hydrogen-bond donors (Lipinski definition) is 1. The van der Waals surface area contributed by atoms with E-state index < -0.39 is 38.6 Å². The molecule has 1 atom stereocenters. The van der Waals surface area contributed by atoms with E-state index in [-0.39, 0.29) is 18.8 Å². The molecule has 0 radical (unpaired) electrons. The third-order valence-electron chi connectivity index (χ3n) is 4.56. The summed E-state index contributed by atoms with van der Waals surface area (Å²) in [7, 11) is -2.37. The second-order valence-electron chi connectivity index (χ2n) is 9.07. The van der Waals surface area contributed by atoms with E-state index in [4.69, 9.17) is 9.47 Å². The van der Waals surface area contributed by atoms with Gasteiger partial charge in [-0.1, -0.05) is 30.3 Å². The van der Waals surface area contributed by atoms with Crippen LogP contribution in [0.3, 0.4) is 0 Å². The van der Waals surface area contributed by atoms with Crippen LogP contribution in [0.25, 0.3) is 0 Å². The molecule has 0 bridgehead atoms.